The number of nitrogens with zero attached hydrogens (tertiary/aromatic N) is 1. The van der Waals surface area contributed by atoms with Crippen molar-refractivity contribution in [3.8, 4) is 11.1 Å². The fourth-order valence-corrected chi connectivity index (χ4v) is 3.51. The van der Waals surface area contributed by atoms with Crippen molar-refractivity contribution >= 4 is 0 Å². The summed E-state index contributed by atoms with van der Waals surface area (Å²) in [6, 6.07) is 21.5. The van der Waals surface area contributed by atoms with Crippen LogP contribution in [0.3, 0.4) is 0 Å². The summed E-state index contributed by atoms with van der Waals surface area (Å²) in [5.41, 5.74) is 7.06. The lowest BCUT2D eigenvalue weighted by Gasteiger charge is -2.10. The van der Waals surface area contributed by atoms with Gasteiger partial charge in [0.15, 0.2) is 0 Å². The molecule has 3 aromatic rings. The molecule has 4 rings (SSSR count). The molecule has 2 nitrogen and oxygen atoms in total. The second-order valence-corrected chi connectivity index (χ2v) is 6.23. The second-order valence-electron chi connectivity index (χ2n) is 6.23. The monoisotopic (exact) mass is 302 g/mol. The van der Waals surface area contributed by atoms with Gasteiger partial charge in [0.25, 0.3) is 0 Å². The van der Waals surface area contributed by atoms with E-state index < -0.39 is 0 Å². The lowest BCUT2D eigenvalue weighted by Crippen LogP contribution is -2.15. The Balaban J connectivity index is 1.78. The first-order valence-corrected chi connectivity index (χ1v) is 8.43. The van der Waals surface area contributed by atoms with Gasteiger partial charge in [-0.15, -0.1) is 0 Å². The summed E-state index contributed by atoms with van der Waals surface area (Å²) in [5, 5.41) is 3.57. The third-order valence-corrected chi connectivity index (χ3v) is 4.66. The maximum absolute atomic E-state index is 3.57. The molecule has 0 atom stereocenters. The highest BCUT2D eigenvalue weighted by Gasteiger charge is 2.18. The van der Waals surface area contributed by atoms with Crippen LogP contribution in [0.5, 0.6) is 0 Å². The van der Waals surface area contributed by atoms with Crippen LogP contribution >= 0.6 is 0 Å². The molecule has 0 saturated heterocycles. The van der Waals surface area contributed by atoms with Crippen LogP contribution in [-0.2, 0) is 19.5 Å². The summed E-state index contributed by atoms with van der Waals surface area (Å²) in [7, 11) is 0. The Labute approximate surface area is 137 Å². The van der Waals surface area contributed by atoms with E-state index in [1.807, 2.05) is 0 Å². The molecule has 0 bridgehead atoms. The van der Waals surface area contributed by atoms with Crippen LogP contribution in [0.2, 0.25) is 0 Å². The maximum Gasteiger partial charge on any atom is 0.0473 e. The van der Waals surface area contributed by atoms with E-state index in [0.717, 1.165) is 26.1 Å². The minimum absolute atomic E-state index is 0.942. The number of hydrogen-bond acceptors (Lipinski definition) is 1. The highest BCUT2D eigenvalue weighted by atomic mass is 15.0. The number of nitrogens with one attached hydrogen (secondary N) is 1. The van der Waals surface area contributed by atoms with Crippen LogP contribution in [-0.4, -0.2) is 11.1 Å². The predicted octanol–water partition coefficient (Wildman–Crippen LogP) is 4.24. The van der Waals surface area contributed by atoms with Gasteiger partial charge >= 0.3 is 0 Å². The molecule has 1 aliphatic rings. The van der Waals surface area contributed by atoms with Crippen molar-refractivity contribution in [3.05, 3.63) is 83.7 Å². The molecular weight excluding hydrogens is 280 g/mol. The molecule has 0 saturated carbocycles. The minimum atomic E-state index is 0.942. The minimum Gasteiger partial charge on any atom is -0.345 e. The average Bonchev–Trinajstić information content (AvgIpc) is 2.79. The highest BCUT2D eigenvalue weighted by Crippen LogP contribution is 2.31. The molecule has 0 radical (unpaired) electrons. The molecule has 116 valence electrons. The fraction of sp³-hybridized carbons (Fsp3) is 0.238. The smallest absolute Gasteiger partial charge is 0.0473 e. The first kappa shape index (κ1) is 14.3. The Morgan fingerprint density at radius 3 is 2.43 bits per heavy atom. The number of hydrogen-bond donors (Lipinski definition) is 1. The molecule has 1 aliphatic heterocycles. The summed E-state index contributed by atoms with van der Waals surface area (Å²) in [6.07, 6.45) is 4.72. The average molecular weight is 302 g/mol. The standard InChI is InChI=1S/C21H22N2/c1-3-8-17(9-4-1)15-23-16-20(18-10-5-2-6-11-18)19-12-7-13-22-14-21(19)23/h1-6,8-11,16,22H,7,12-15H2. The van der Waals surface area contributed by atoms with E-state index in [0.29, 0.717) is 0 Å². The van der Waals surface area contributed by atoms with Crippen LogP contribution in [0.1, 0.15) is 23.2 Å². The zero-order valence-corrected chi connectivity index (χ0v) is 13.3. The Morgan fingerprint density at radius 2 is 1.65 bits per heavy atom. The van der Waals surface area contributed by atoms with E-state index in [-0.39, 0.29) is 0 Å². The lowest BCUT2D eigenvalue weighted by molar-refractivity contribution is 0.643. The lowest BCUT2D eigenvalue weighted by atomic mass is 10.00. The molecule has 0 fully saturated rings. The van der Waals surface area contributed by atoms with Gasteiger partial charge in [-0.25, -0.2) is 0 Å². The Kier molecular flexibility index (Phi) is 3.99. The number of aromatic nitrogens is 1. The zero-order chi connectivity index (χ0) is 15.5. The van der Waals surface area contributed by atoms with Crippen molar-refractivity contribution in [2.45, 2.75) is 25.9 Å². The van der Waals surface area contributed by atoms with Crippen molar-refractivity contribution in [1.82, 2.24) is 9.88 Å². The molecule has 0 spiro atoms. The van der Waals surface area contributed by atoms with E-state index in [1.54, 1.807) is 0 Å². The molecular formula is C21H22N2. The van der Waals surface area contributed by atoms with Crippen molar-refractivity contribution in [2.24, 2.45) is 0 Å². The van der Waals surface area contributed by atoms with Gasteiger partial charge < -0.3 is 9.88 Å². The normalized spacial score (nSPS) is 14.3. The number of fused-ring (bicyclic) bond motifs is 1. The highest BCUT2D eigenvalue weighted by molar-refractivity contribution is 5.68. The molecule has 0 aliphatic carbocycles. The molecule has 1 N–H and O–H groups in total. The quantitative estimate of drug-likeness (QED) is 0.766. The molecule has 23 heavy (non-hydrogen) atoms. The third kappa shape index (κ3) is 2.95. The van der Waals surface area contributed by atoms with Gasteiger partial charge in [0.05, 0.1) is 0 Å². The van der Waals surface area contributed by atoms with Crippen molar-refractivity contribution < 1.29 is 0 Å². The Morgan fingerprint density at radius 1 is 0.913 bits per heavy atom. The van der Waals surface area contributed by atoms with Crippen LogP contribution in [0.15, 0.2) is 66.9 Å². The molecule has 2 heteroatoms. The van der Waals surface area contributed by atoms with Crippen molar-refractivity contribution in [2.75, 3.05) is 6.54 Å². The molecule has 2 aromatic carbocycles. The maximum atomic E-state index is 3.57. The van der Waals surface area contributed by atoms with E-state index in [9.17, 15) is 0 Å². The van der Waals surface area contributed by atoms with Crippen molar-refractivity contribution in [1.29, 1.82) is 0 Å². The SMILES string of the molecule is c1ccc(Cn2cc(-c3ccccc3)c3c2CNCCC3)cc1. The second kappa shape index (κ2) is 6.43. The Bertz CT molecular complexity index is 772. The van der Waals surface area contributed by atoms with Gasteiger partial charge in [-0.1, -0.05) is 60.7 Å². The van der Waals surface area contributed by atoms with Gasteiger partial charge in [-0.2, -0.15) is 0 Å². The number of rotatable bonds is 3. The topological polar surface area (TPSA) is 17.0 Å². The largest absolute Gasteiger partial charge is 0.345 e. The van der Waals surface area contributed by atoms with E-state index in [2.05, 4.69) is 76.7 Å². The van der Waals surface area contributed by atoms with E-state index in [4.69, 9.17) is 0 Å². The van der Waals surface area contributed by atoms with Crippen LogP contribution in [0.4, 0.5) is 0 Å². The Hall–Kier alpha value is -2.32. The van der Waals surface area contributed by atoms with E-state index >= 15 is 0 Å². The summed E-state index contributed by atoms with van der Waals surface area (Å²) in [4.78, 5) is 0. The van der Waals surface area contributed by atoms with Gasteiger partial charge in [-0.3, -0.25) is 0 Å². The molecule has 0 unspecified atom stereocenters. The fourth-order valence-electron chi connectivity index (χ4n) is 3.51. The predicted molar refractivity (Wildman–Crippen MR) is 95.4 cm³/mol. The molecule has 0 amide bonds. The summed E-state index contributed by atoms with van der Waals surface area (Å²) < 4.78 is 2.44. The first-order chi connectivity index (χ1) is 11.4. The summed E-state index contributed by atoms with van der Waals surface area (Å²) >= 11 is 0. The van der Waals surface area contributed by atoms with Crippen molar-refractivity contribution in [3.63, 3.8) is 0 Å². The first-order valence-electron chi connectivity index (χ1n) is 8.43. The van der Waals surface area contributed by atoms with Gasteiger partial charge in [0, 0.05) is 30.5 Å². The number of benzene rings is 2. The van der Waals surface area contributed by atoms with Crippen LogP contribution < -0.4 is 5.32 Å². The molecule has 1 aromatic heterocycles. The van der Waals surface area contributed by atoms with E-state index in [1.165, 1.54) is 34.4 Å². The van der Waals surface area contributed by atoms with Crippen LogP contribution in [0.25, 0.3) is 11.1 Å². The summed E-state index contributed by atoms with van der Waals surface area (Å²) in [5.74, 6) is 0. The van der Waals surface area contributed by atoms with Gasteiger partial charge in [0.2, 0.25) is 0 Å². The summed E-state index contributed by atoms with van der Waals surface area (Å²) in [6.45, 7) is 3.01. The van der Waals surface area contributed by atoms with Gasteiger partial charge in [0.1, 0.15) is 0 Å². The van der Waals surface area contributed by atoms with Gasteiger partial charge in [-0.05, 0) is 36.1 Å². The zero-order valence-electron chi connectivity index (χ0n) is 13.3. The molecule has 2 heterocycles. The van der Waals surface area contributed by atoms with Crippen LogP contribution in [0, 0.1) is 0 Å². The third-order valence-electron chi connectivity index (χ3n) is 4.66.